The van der Waals surface area contributed by atoms with Crippen LogP contribution in [0, 0.1) is 5.82 Å². The Balaban J connectivity index is 2.46. The topological polar surface area (TPSA) is 46.5 Å². The van der Waals surface area contributed by atoms with Crippen molar-refractivity contribution in [1.82, 2.24) is 0 Å². The Kier molecular flexibility index (Phi) is 4.07. The molecule has 0 aliphatic rings. The first-order valence-corrected chi connectivity index (χ1v) is 6.31. The van der Waals surface area contributed by atoms with Crippen LogP contribution in [0.4, 0.5) is 4.39 Å². The molecule has 0 aromatic heterocycles. The fraction of sp³-hybridized carbons (Fsp3) is 0. The molecule has 0 fully saturated rings. The van der Waals surface area contributed by atoms with Crippen LogP contribution in [-0.2, 0) is 0 Å². The second-order valence-electron chi connectivity index (χ2n) is 3.60. The summed E-state index contributed by atoms with van der Waals surface area (Å²) in [6.07, 6.45) is 0. The van der Waals surface area contributed by atoms with Gasteiger partial charge in [0.1, 0.15) is 11.3 Å². The van der Waals surface area contributed by atoms with Crippen LogP contribution in [-0.4, -0.2) is 11.1 Å². The van der Waals surface area contributed by atoms with Crippen LogP contribution >= 0.6 is 27.5 Å². The maximum Gasteiger partial charge on any atom is 0.339 e. The number of carboxylic acids is 1. The first kappa shape index (κ1) is 13.8. The number of carbonyl (C=O) groups is 1. The lowest BCUT2D eigenvalue weighted by molar-refractivity contribution is 0.0693. The fourth-order valence-electron chi connectivity index (χ4n) is 1.45. The van der Waals surface area contributed by atoms with Crippen molar-refractivity contribution < 1.29 is 19.0 Å². The van der Waals surface area contributed by atoms with Crippen LogP contribution in [0.15, 0.2) is 40.9 Å². The standard InChI is InChI=1S/C13H7BrClFO3/c14-9-6-7(15)4-5-11(9)19-12-8(13(17)18)2-1-3-10(12)16/h1-6H,(H,17,18). The smallest absolute Gasteiger partial charge is 0.339 e. The van der Waals surface area contributed by atoms with Gasteiger partial charge < -0.3 is 9.84 Å². The molecular weight excluding hydrogens is 338 g/mol. The predicted molar refractivity (Wildman–Crippen MR) is 72.6 cm³/mol. The van der Waals surface area contributed by atoms with Crippen LogP contribution in [0.3, 0.4) is 0 Å². The van der Waals surface area contributed by atoms with Crippen molar-refractivity contribution in [3.8, 4) is 11.5 Å². The van der Waals surface area contributed by atoms with E-state index in [1.807, 2.05) is 0 Å². The van der Waals surface area contributed by atoms with E-state index in [0.29, 0.717) is 9.50 Å². The Hall–Kier alpha value is -1.59. The maximum absolute atomic E-state index is 13.7. The molecule has 0 aliphatic heterocycles. The number of aromatic carboxylic acids is 1. The minimum Gasteiger partial charge on any atom is -0.478 e. The minimum absolute atomic E-state index is 0.248. The molecule has 2 aromatic rings. The summed E-state index contributed by atoms with van der Waals surface area (Å²) < 4.78 is 19.5. The first-order chi connectivity index (χ1) is 8.99. The Bertz CT molecular complexity index is 646. The predicted octanol–water partition coefficient (Wildman–Crippen LogP) is 4.73. The van der Waals surface area contributed by atoms with E-state index in [1.165, 1.54) is 18.2 Å². The van der Waals surface area contributed by atoms with E-state index in [-0.39, 0.29) is 17.1 Å². The average Bonchev–Trinajstić information content (AvgIpc) is 2.34. The van der Waals surface area contributed by atoms with Gasteiger partial charge >= 0.3 is 5.97 Å². The zero-order chi connectivity index (χ0) is 14.0. The number of para-hydroxylation sites is 1. The minimum atomic E-state index is -1.26. The molecule has 0 heterocycles. The van der Waals surface area contributed by atoms with Crippen molar-refractivity contribution in [3.05, 3.63) is 57.3 Å². The van der Waals surface area contributed by atoms with E-state index >= 15 is 0 Å². The van der Waals surface area contributed by atoms with Crippen LogP contribution in [0.2, 0.25) is 5.02 Å². The lowest BCUT2D eigenvalue weighted by Crippen LogP contribution is -2.02. The number of benzene rings is 2. The molecule has 1 N–H and O–H groups in total. The summed E-state index contributed by atoms with van der Waals surface area (Å²) in [6, 6.07) is 8.35. The second-order valence-corrected chi connectivity index (χ2v) is 4.89. The Morgan fingerprint density at radius 2 is 2.05 bits per heavy atom. The summed E-state index contributed by atoms with van der Waals surface area (Å²) >= 11 is 8.99. The van der Waals surface area contributed by atoms with E-state index in [4.69, 9.17) is 21.4 Å². The molecule has 0 unspecified atom stereocenters. The Morgan fingerprint density at radius 3 is 2.68 bits per heavy atom. The maximum atomic E-state index is 13.7. The van der Waals surface area contributed by atoms with Crippen LogP contribution in [0.5, 0.6) is 11.5 Å². The Labute approximate surface area is 121 Å². The molecule has 0 atom stereocenters. The molecule has 2 aromatic carbocycles. The molecule has 0 spiro atoms. The van der Waals surface area contributed by atoms with Gasteiger partial charge in [0.25, 0.3) is 0 Å². The van der Waals surface area contributed by atoms with Gasteiger partial charge in [0.15, 0.2) is 11.6 Å². The van der Waals surface area contributed by atoms with E-state index in [2.05, 4.69) is 15.9 Å². The molecule has 98 valence electrons. The zero-order valence-corrected chi connectivity index (χ0v) is 11.7. The van der Waals surface area contributed by atoms with Crippen LogP contribution in [0.25, 0.3) is 0 Å². The first-order valence-electron chi connectivity index (χ1n) is 5.13. The van der Waals surface area contributed by atoms with Gasteiger partial charge in [-0.3, -0.25) is 0 Å². The summed E-state index contributed by atoms with van der Waals surface area (Å²) in [7, 11) is 0. The summed E-state index contributed by atoms with van der Waals surface area (Å²) in [5.74, 6) is -2.07. The lowest BCUT2D eigenvalue weighted by Gasteiger charge is -2.11. The van der Waals surface area contributed by atoms with E-state index in [9.17, 15) is 9.18 Å². The number of hydrogen-bond donors (Lipinski definition) is 1. The number of halogens is 3. The monoisotopic (exact) mass is 344 g/mol. The highest BCUT2D eigenvalue weighted by atomic mass is 79.9. The molecule has 6 heteroatoms. The lowest BCUT2D eigenvalue weighted by atomic mass is 10.2. The summed E-state index contributed by atoms with van der Waals surface area (Å²) in [4.78, 5) is 11.0. The summed E-state index contributed by atoms with van der Waals surface area (Å²) in [5, 5.41) is 9.48. The summed E-state index contributed by atoms with van der Waals surface area (Å²) in [6.45, 7) is 0. The van der Waals surface area contributed by atoms with Crippen molar-refractivity contribution in [2.75, 3.05) is 0 Å². The molecule has 0 amide bonds. The van der Waals surface area contributed by atoms with Gasteiger partial charge in [-0.1, -0.05) is 17.7 Å². The van der Waals surface area contributed by atoms with Gasteiger partial charge in [0.2, 0.25) is 0 Å². The third-order valence-corrected chi connectivity index (χ3v) is 3.16. The van der Waals surface area contributed by atoms with Crippen LogP contribution in [0.1, 0.15) is 10.4 Å². The highest BCUT2D eigenvalue weighted by molar-refractivity contribution is 9.10. The van der Waals surface area contributed by atoms with Gasteiger partial charge in [-0.2, -0.15) is 0 Å². The van der Waals surface area contributed by atoms with Crippen molar-refractivity contribution in [3.63, 3.8) is 0 Å². The van der Waals surface area contributed by atoms with Crippen molar-refractivity contribution in [2.45, 2.75) is 0 Å². The number of ether oxygens (including phenoxy) is 1. The van der Waals surface area contributed by atoms with Gasteiger partial charge in [-0.15, -0.1) is 0 Å². The fourth-order valence-corrected chi connectivity index (χ4v) is 2.21. The second kappa shape index (κ2) is 5.59. The number of hydrogen-bond acceptors (Lipinski definition) is 2. The molecule has 19 heavy (non-hydrogen) atoms. The normalized spacial score (nSPS) is 10.3. The highest BCUT2D eigenvalue weighted by Crippen LogP contribution is 2.34. The largest absolute Gasteiger partial charge is 0.478 e. The van der Waals surface area contributed by atoms with E-state index in [0.717, 1.165) is 6.07 Å². The van der Waals surface area contributed by atoms with Gasteiger partial charge in [-0.05, 0) is 46.3 Å². The van der Waals surface area contributed by atoms with Gasteiger partial charge in [0.05, 0.1) is 4.47 Å². The third-order valence-electron chi connectivity index (χ3n) is 2.30. The quantitative estimate of drug-likeness (QED) is 0.874. The molecular formula is C13H7BrClFO3. The highest BCUT2D eigenvalue weighted by Gasteiger charge is 2.17. The molecule has 0 aliphatic carbocycles. The molecule has 0 bridgehead atoms. The average molecular weight is 346 g/mol. The molecule has 3 nitrogen and oxygen atoms in total. The van der Waals surface area contributed by atoms with Gasteiger partial charge in [0, 0.05) is 5.02 Å². The van der Waals surface area contributed by atoms with Crippen molar-refractivity contribution in [1.29, 1.82) is 0 Å². The van der Waals surface area contributed by atoms with Crippen molar-refractivity contribution >= 4 is 33.5 Å². The van der Waals surface area contributed by atoms with Gasteiger partial charge in [-0.25, -0.2) is 9.18 Å². The SMILES string of the molecule is O=C(O)c1cccc(F)c1Oc1ccc(Cl)cc1Br. The molecule has 2 rings (SSSR count). The number of rotatable bonds is 3. The van der Waals surface area contributed by atoms with Crippen LogP contribution < -0.4 is 4.74 Å². The van der Waals surface area contributed by atoms with E-state index < -0.39 is 11.8 Å². The summed E-state index contributed by atoms with van der Waals surface area (Å²) in [5.41, 5.74) is -0.248. The molecule has 0 radical (unpaired) electrons. The Morgan fingerprint density at radius 1 is 1.32 bits per heavy atom. The third kappa shape index (κ3) is 3.05. The van der Waals surface area contributed by atoms with Crippen molar-refractivity contribution in [2.24, 2.45) is 0 Å². The van der Waals surface area contributed by atoms with E-state index in [1.54, 1.807) is 12.1 Å². The zero-order valence-electron chi connectivity index (χ0n) is 9.36. The number of carboxylic acid groups (broad SMARTS) is 1. The molecule has 0 saturated carbocycles. The molecule has 0 saturated heterocycles.